The lowest BCUT2D eigenvalue weighted by Crippen LogP contribution is -1.95. The molecule has 14 heavy (non-hydrogen) atoms. The second-order valence-electron chi connectivity index (χ2n) is 2.70. The second-order valence-corrected chi connectivity index (χ2v) is 3.09. The Balaban J connectivity index is 2.68. The second kappa shape index (κ2) is 3.42. The maximum atomic E-state index is 12.0. The molecule has 74 valence electrons. The molecule has 0 saturated heterocycles. The fraction of sp³-hybridized carbons (Fsp3) is 0.250. The van der Waals surface area contributed by atoms with E-state index in [0.717, 1.165) is 0 Å². The molecular formula is C8H7ClFN3O. The molecule has 0 aliphatic rings. The maximum absolute atomic E-state index is 12.0. The van der Waals surface area contributed by atoms with E-state index in [-0.39, 0.29) is 5.15 Å². The quantitative estimate of drug-likeness (QED) is 0.719. The van der Waals surface area contributed by atoms with Crippen LogP contribution in [0, 0.1) is 0 Å². The molecule has 2 aromatic heterocycles. The van der Waals surface area contributed by atoms with Crippen molar-refractivity contribution in [2.45, 2.75) is 0 Å². The average molecular weight is 216 g/mol. The first-order valence-corrected chi connectivity index (χ1v) is 4.27. The third kappa shape index (κ3) is 1.39. The number of aromatic nitrogens is 3. The molecule has 0 N–H and O–H groups in total. The van der Waals surface area contributed by atoms with Crippen LogP contribution in [0.4, 0.5) is 4.39 Å². The highest BCUT2D eigenvalue weighted by Crippen LogP contribution is 2.26. The fourth-order valence-corrected chi connectivity index (χ4v) is 1.41. The predicted octanol–water partition coefficient (Wildman–Crippen LogP) is 1.93. The zero-order valence-corrected chi connectivity index (χ0v) is 8.12. The SMILES string of the molecule is Cn1ncc2c(OCF)cc(Cl)nc21. The van der Waals surface area contributed by atoms with E-state index in [1.165, 1.54) is 6.07 Å². The normalized spacial score (nSPS) is 10.8. The van der Waals surface area contributed by atoms with Crippen molar-refractivity contribution in [1.82, 2.24) is 14.8 Å². The number of aryl methyl sites for hydroxylation is 1. The van der Waals surface area contributed by atoms with E-state index in [2.05, 4.69) is 10.1 Å². The smallest absolute Gasteiger partial charge is 0.228 e. The van der Waals surface area contributed by atoms with Crippen molar-refractivity contribution in [2.75, 3.05) is 6.86 Å². The van der Waals surface area contributed by atoms with Gasteiger partial charge in [-0.1, -0.05) is 11.6 Å². The van der Waals surface area contributed by atoms with Crippen molar-refractivity contribution >= 4 is 22.6 Å². The van der Waals surface area contributed by atoms with Crippen molar-refractivity contribution in [3.63, 3.8) is 0 Å². The van der Waals surface area contributed by atoms with E-state index in [1.807, 2.05) is 0 Å². The van der Waals surface area contributed by atoms with Gasteiger partial charge in [0.25, 0.3) is 0 Å². The van der Waals surface area contributed by atoms with Gasteiger partial charge in [0.15, 0.2) is 5.65 Å². The van der Waals surface area contributed by atoms with E-state index in [0.29, 0.717) is 16.8 Å². The molecule has 0 bridgehead atoms. The van der Waals surface area contributed by atoms with Crippen molar-refractivity contribution in [2.24, 2.45) is 7.05 Å². The zero-order chi connectivity index (χ0) is 10.1. The summed E-state index contributed by atoms with van der Waals surface area (Å²) in [6.07, 6.45) is 1.56. The number of fused-ring (bicyclic) bond motifs is 1. The van der Waals surface area contributed by atoms with Gasteiger partial charge in [0.05, 0.1) is 11.6 Å². The van der Waals surface area contributed by atoms with Gasteiger partial charge in [-0.05, 0) is 0 Å². The summed E-state index contributed by atoms with van der Waals surface area (Å²) in [4.78, 5) is 4.04. The molecule has 2 aromatic rings. The summed E-state index contributed by atoms with van der Waals surface area (Å²) in [5.41, 5.74) is 0.570. The minimum absolute atomic E-state index is 0.254. The number of hydrogen-bond acceptors (Lipinski definition) is 3. The van der Waals surface area contributed by atoms with Crippen LogP contribution in [-0.4, -0.2) is 21.6 Å². The minimum Gasteiger partial charge on any atom is -0.462 e. The maximum Gasteiger partial charge on any atom is 0.228 e. The summed E-state index contributed by atoms with van der Waals surface area (Å²) < 4.78 is 18.3. The van der Waals surface area contributed by atoms with Crippen LogP contribution in [0.5, 0.6) is 5.75 Å². The predicted molar refractivity (Wildman–Crippen MR) is 50.1 cm³/mol. The van der Waals surface area contributed by atoms with Crippen molar-refractivity contribution < 1.29 is 9.13 Å². The molecular weight excluding hydrogens is 209 g/mol. The molecule has 0 saturated carbocycles. The Hall–Kier alpha value is -1.36. The highest BCUT2D eigenvalue weighted by Gasteiger charge is 2.09. The van der Waals surface area contributed by atoms with Gasteiger partial charge in [-0.2, -0.15) is 5.10 Å². The van der Waals surface area contributed by atoms with Crippen LogP contribution in [0.2, 0.25) is 5.15 Å². The van der Waals surface area contributed by atoms with Crippen LogP contribution in [0.25, 0.3) is 11.0 Å². The number of halogens is 2. The third-order valence-electron chi connectivity index (χ3n) is 1.85. The first-order chi connectivity index (χ1) is 6.72. The molecule has 2 heterocycles. The number of pyridine rings is 1. The zero-order valence-electron chi connectivity index (χ0n) is 7.37. The van der Waals surface area contributed by atoms with Gasteiger partial charge in [-0.25, -0.2) is 9.37 Å². The summed E-state index contributed by atoms with van der Waals surface area (Å²) in [5.74, 6) is 0.357. The van der Waals surface area contributed by atoms with Crippen LogP contribution in [-0.2, 0) is 7.05 Å². The van der Waals surface area contributed by atoms with Gasteiger partial charge in [-0.15, -0.1) is 0 Å². The molecule has 0 amide bonds. The first-order valence-electron chi connectivity index (χ1n) is 3.89. The Morgan fingerprint density at radius 3 is 3.14 bits per heavy atom. The molecule has 4 nitrogen and oxygen atoms in total. The summed E-state index contributed by atoms with van der Waals surface area (Å²) in [7, 11) is 1.73. The largest absolute Gasteiger partial charge is 0.462 e. The fourth-order valence-electron chi connectivity index (χ4n) is 1.24. The first kappa shape index (κ1) is 9.21. The standard InChI is InChI=1S/C8H7ClFN3O/c1-13-8-5(3-11-13)6(14-4-10)2-7(9)12-8/h2-3H,4H2,1H3. The van der Waals surface area contributed by atoms with Crippen molar-refractivity contribution in [3.05, 3.63) is 17.4 Å². The van der Waals surface area contributed by atoms with Crippen LogP contribution in [0.3, 0.4) is 0 Å². The van der Waals surface area contributed by atoms with E-state index in [4.69, 9.17) is 16.3 Å². The van der Waals surface area contributed by atoms with E-state index < -0.39 is 6.86 Å². The minimum atomic E-state index is -0.898. The highest BCUT2D eigenvalue weighted by molar-refractivity contribution is 6.30. The average Bonchev–Trinajstić information content (AvgIpc) is 2.49. The van der Waals surface area contributed by atoms with Crippen LogP contribution >= 0.6 is 11.6 Å². The lowest BCUT2D eigenvalue weighted by molar-refractivity contribution is 0.194. The lowest BCUT2D eigenvalue weighted by Gasteiger charge is -2.02. The summed E-state index contributed by atoms with van der Waals surface area (Å²) in [6, 6.07) is 1.46. The highest BCUT2D eigenvalue weighted by atomic mass is 35.5. The molecule has 0 spiro atoms. The summed E-state index contributed by atoms with van der Waals surface area (Å²) in [5, 5.41) is 4.87. The lowest BCUT2D eigenvalue weighted by atomic mass is 10.3. The monoisotopic (exact) mass is 215 g/mol. The van der Waals surface area contributed by atoms with E-state index in [1.54, 1.807) is 17.9 Å². The summed E-state index contributed by atoms with van der Waals surface area (Å²) in [6.45, 7) is -0.898. The molecule has 0 fully saturated rings. The van der Waals surface area contributed by atoms with Gasteiger partial charge >= 0.3 is 0 Å². The topological polar surface area (TPSA) is 39.9 Å². The van der Waals surface area contributed by atoms with Crippen molar-refractivity contribution in [1.29, 1.82) is 0 Å². The summed E-state index contributed by atoms with van der Waals surface area (Å²) >= 11 is 5.73. The van der Waals surface area contributed by atoms with Crippen molar-refractivity contribution in [3.8, 4) is 5.75 Å². The van der Waals surface area contributed by atoms with Crippen LogP contribution in [0.1, 0.15) is 0 Å². The molecule has 6 heteroatoms. The molecule has 0 aliphatic heterocycles. The molecule has 0 unspecified atom stereocenters. The van der Waals surface area contributed by atoms with E-state index >= 15 is 0 Å². The van der Waals surface area contributed by atoms with Crippen LogP contribution in [0.15, 0.2) is 12.3 Å². The van der Waals surface area contributed by atoms with Gasteiger partial charge in [0.2, 0.25) is 6.86 Å². The molecule has 0 radical (unpaired) electrons. The number of nitrogens with zero attached hydrogens (tertiary/aromatic N) is 3. The Morgan fingerprint density at radius 1 is 1.64 bits per heavy atom. The number of hydrogen-bond donors (Lipinski definition) is 0. The molecule has 0 aromatic carbocycles. The number of alkyl halides is 1. The molecule has 0 aliphatic carbocycles. The Labute approximate surface area is 84.3 Å². The van der Waals surface area contributed by atoms with Gasteiger partial charge < -0.3 is 4.74 Å². The van der Waals surface area contributed by atoms with Gasteiger partial charge in [-0.3, -0.25) is 4.68 Å². The number of ether oxygens (including phenoxy) is 1. The molecule has 2 rings (SSSR count). The van der Waals surface area contributed by atoms with Gasteiger partial charge in [0.1, 0.15) is 10.9 Å². The molecule has 0 atom stereocenters. The van der Waals surface area contributed by atoms with Crippen LogP contribution < -0.4 is 4.74 Å². The Kier molecular flexibility index (Phi) is 2.25. The number of rotatable bonds is 2. The van der Waals surface area contributed by atoms with Gasteiger partial charge in [0, 0.05) is 13.1 Å². The Morgan fingerprint density at radius 2 is 2.43 bits per heavy atom. The Bertz CT molecular complexity index is 471. The van der Waals surface area contributed by atoms with E-state index in [9.17, 15) is 4.39 Å². The third-order valence-corrected chi connectivity index (χ3v) is 2.04.